The summed E-state index contributed by atoms with van der Waals surface area (Å²) in [5.74, 6) is 0.914. The lowest BCUT2D eigenvalue weighted by Gasteiger charge is -2.27. The number of aryl methyl sites for hydroxylation is 1. The van der Waals surface area contributed by atoms with E-state index in [0.717, 1.165) is 15.4 Å². The molecular weight excluding hydrogens is 600 g/mol. The monoisotopic (exact) mass is 628 g/mol. The summed E-state index contributed by atoms with van der Waals surface area (Å²) in [7, 11) is 0. The van der Waals surface area contributed by atoms with Gasteiger partial charge in [-0.25, -0.2) is 0 Å². The molecule has 2 aromatic rings. The van der Waals surface area contributed by atoms with Crippen LogP contribution in [0, 0.1) is 11.8 Å². The van der Waals surface area contributed by atoms with Crippen molar-refractivity contribution in [1.29, 1.82) is 0 Å². The molecule has 0 aromatic heterocycles. The number of carbonyl (C=O) groups excluding carboxylic acids is 8. The number of rotatable bonds is 5. The number of aliphatic hydroxyl groups excluding tert-OH is 2. The van der Waals surface area contributed by atoms with E-state index in [2.05, 4.69) is 22.5 Å². The summed E-state index contributed by atoms with van der Waals surface area (Å²) in [4.78, 5) is 98.1. The highest BCUT2D eigenvalue weighted by Gasteiger charge is 2.45. The van der Waals surface area contributed by atoms with Crippen molar-refractivity contribution in [3.8, 4) is 11.8 Å². The Labute approximate surface area is 261 Å². The summed E-state index contributed by atoms with van der Waals surface area (Å²) in [5.41, 5.74) is 2.26. The lowest BCUT2D eigenvalue weighted by molar-refractivity contribution is -0.137. The Morgan fingerprint density at radius 1 is 0.674 bits per heavy atom. The number of fused-ring (bicyclic) bond motifs is 2. The molecule has 46 heavy (non-hydrogen) atoms. The molecule has 0 aliphatic carbocycles. The summed E-state index contributed by atoms with van der Waals surface area (Å²) < 4.78 is 0. The molecule has 2 unspecified atom stereocenters. The molecule has 0 saturated carbocycles. The van der Waals surface area contributed by atoms with Gasteiger partial charge >= 0.3 is 0 Å². The third-order valence-corrected chi connectivity index (χ3v) is 7.88. The number of hydrogen-bond donors (Lipinski definition) is 4. The van der Waals surface area contributed by atoms with E-state index in [1.54, 1.807) is 24.3 Å². The molecule has 236 valence electrons. The Morgan fingerprint density at radius 3 is 1.67 bits per heavy atom. The SMILES string of the molecule is O=C1CCC(N2C(=O)c3ccc(C#CCO)cc3C2=O)C(=O)N1.O=C1CCC(N2C(=O)c3ccc(CCCO)cc3C2=O)C(=O)N1. The summed E-state index contributed by atoms with van der Waals surface area (Å²) in [6, 6.07) is 7.54. The van der Waals surface area contributed by atoms with E-state index >= 15 is 0 Å². The molecule has 14 heteroatoms. The summed E-state index contributed by atoms with van der Waals surface area (Å²) >= 11 is 0. The zero-order valence-electron chi connectivity index (χ0n) is 24.3. The molecule has 6 rings (SSSR count). The van der Waals surface area contributed by atoms with E-state index in [0.29, 0.717) is 18.4 Å². The quantitative estimate of drug-likeness (QED) is 0.245. The molecule has 0 bridgehead atoms. The first-order chi connectivity index (χ1) is 22.0. The molecule has 4 N–H and O–H groups in total. The molecule has 0 radical (unpaired) electrons. The summed E-state index contributed by atoms with van der Waals surface area (Å²) in [6.45, 7) is -0.265. The van der Waals surface area contributed by atoms with Gasteiger partial charge in [0.25, 0.3) is 23.6 Å². The van der Waals surface area contributed by atoms with Gasteiger partial charge in [0, 0.05) is 25.0 Å². The van der Waals surface area contributed by atoms with Crippen LogP contribution in [0.4, 0.5) is 0 Å². The number of imide groups is 4. The van der Waals surface area contributed by atoms with Gasteiger partial charge in [0.05, 0.1) is 22.3 Å². The van der Waals surface area contributed by atoms with E-state index in [1.807, 2.05) is 0 Å². The van der Waals surface area contributed by atoms with Gasteiger partial charge in [-0.3, -0.25) is 58.8 Å². The van der Waals surface area contributed by atoms with Crippen molar-refractivity contribution >= 4 is 47.3 Å². The number of benzene rings is 2. The predicted octanol–water partition coefficient (Wildman–Crippen LogP) is -0.556. The standard InChI is InChI=1S/C16H16N2O5.C16H12N2O5/c2*19-7-1-2-9-3-4-10-11(8-9)16(23)18(15(10)22)12-5-6-13(20)17-14(12)21/h3-4,8,12,19H,1-2,5-7H2,(H,17,20,21);3-4,8,12,19H,5-7H2,(H,17,20,21). The Morgan fingerprint density at radius 2 is 1.17 bits per heavy atom. The maximum absolute atomic E-state index is 12.6. The first-order valence-corrected chi connectivity index (χ1v) is 14.5. The Hall–Kier alpha value is -5.52. The number of nitrogens with zero attached hydrogens (tertiary/aromatic N) is 2. The number of hydrogen-bond acceptors (Lipinski definition) is 10. The molecular formula is C32H28N4O10. The molecule has 14 nitrogen and oxygen atoms in total. The molecule has 4 aliphatic rings. The van der Waals surface area contributed by atoms with E-state index in [-0.39, 0.29) is 61.2 Å². The van der Waals surface area contributed by atoms with Crippen LogP contribution in [0.25, 0.3) is 0 Å². The summed E-state index contributed by atoms with van der Waals surface area (Å²) in [6.07, 6.45) is 1.62. The second-order valence-corrected chi connectivity index (χ2v) is 10.8. The van der Waals surface area contributed by atoms with E-state index < -0.39 is 59.3 Å². The van der Waals surface area contributed by atoms with Crippen LogP contribution in [0.3, 0.4) is 0 Å². The van der Waals surface area contributed by atoms with Gasteiger partial charge in [0.2, 0.25) is 23.6 Å². The first kappa shape index (κ1) is 31.9. The van der Waals surface area contributed by atoms with Gasteiger partial charge in [-0.2, -0.15) is 0 Å². The fourth-order valence-electron chi connectivity index (χ4n) is 5.65. The lowest BCUT2D eigenvalue weighted by atomic mass is 10.0. The number of piperidine rings is 2. The lowest BCUT2D eigenvalue weighted by Crippen LogP contribution is -2.54. The Bertz CT molecular complexity index is 1770. The molecule has 2 fully saturated rings. The van der Waals surface area contributed by atoms with E-state index in [1.165, 1.54) is 12.1 Å². The van der Waals surface area contributed by atoms with Gasteiger partial charge in [-0.1, -0.05) is 17.9 Å². The van der Waals surface area contributed by atoms with E-state index in [4.69, 9.17) is 10.2 Å². The molecule has 2 aromatic carbocycles. The second-order valence-electron chi connectivity index (χ2n) is 10.8. The molecule has 0 spiro atoms. The van der Waals surface area contributed by atoms with Crippen LogP contribution in [-0.4, -0.2) is 92.6 Å². The fourth-order valence-corrected chi connectivity index (χ4v) is 5.65. The second kappa shape index (κ2) is 13.2. The minimum atomic E-state index is -0.980. The summed E-state index contributed by atoms with van der Waals surface area (Å²) in [5, 5.41) is 21.9. The number of aliphatic hydroxyl groups is 2. The first-order valence-electron chi connectivity index (χ1n) is 14.5. The maximum Gasteiger partial charge on any atom is 0.262 e. The van der Waals surface area contributed by atoms with Crippen molar-refractivity contribution < 1.29 is 48.6 Å². The third kappa shape index (κ3) is 6.06. The average molecular weight is 629 g/mol. The van der Waals surface area contributed by atoms with Crippen LogP contribution in [-0.2, 0) is 25.6 Å². The average Bonchev–Trinajstić information content (AvgIpc) is 3.43. The highest BCUT2D eigenvalue weighted by Crippen LogP contribution is 2.29. The van der Waals surface area contributed by atoms with Crippen molar-refractivity contribution in [2.75, 3.05) is 13.2 Å². The molecule has 8 amide bonds. The molecule has 4 heterocycles. The number of nitrogens with one attached hydrogen (secondary N) is 2. The zero-order valence-corrected chi connectivity index (χ0v) is 24.3. The van der Waals surface area contributed by atoms with Crippen molar-refractivity contribution in [2.45, 2.75) is 50.6 Å². The fraction of sp³-hybridized carbons (Fsp3) is 0.312. The van der Waals surface area contributed by atoms with Crippen molar-refractivity contribution in [3.63, 3.8) is 0 Å². The molecule has 2 atom stereocenters. The molecule has 4 aliphatic heterocycles. The van der Waals surface area contributed by atoms with E-state index in [9.17, 15) is 38.4 Å². The zero-order chi connectivity index (χ0) is 33.1. The van der Waals surface area contributed by atoms with Crippen LogP contribution in [0.1, 0.15) is 84.7 Å². The van der Waals surface area contributed by atoms with Gasteiger partial charge in [-0.05, 0) is 61.6 Å². The maximum atomic E-state index is 12.6. The van der Waals surface area contributed by atoms with Crippen molar-refractivity contribution in [3.05, 3.63) is 69.8 Å². The number of amides is 8. The normalized spacial score (nSPS) is 20.4. The molecule has 2 saturated heterocycles. The van der Waals surface area contributed by atoms with Crippen LogP contribution in [0.5, 0.6) is 0 Å². The predicted molar refractivity (Wildman–Crippen MR) is 156 cm³/mol. The highest BCUT2D eigenvalue weighted by molar-refractivity contribution is 6.24. The van der Waals surface area contributed by atoms with Gasteiger partial charge in [0.15, 0.2) is 0 Å². The van der Waals surface area contributed by atoms with Gasteiger partial charge in [-0.15, -0.1) is 0 Å². The van der Waals surface area contributed by atoms with Crippen LogP contribution in [0.15, 0.2) is 36.4 Å². The van der Waals surface area contributed by atoms with Crippen LogP contribution < -0.4 is 10.6 Å². The van der Waals surface area contributed by atoms with Crippen LogP contribution >= 0.6 is 0 Å². The Balaban J connectivity index is 0.000000181. The minimum absolute atomic E-state index is 0.0480. The van der Waals surface area contributed by atoms with Gasteiger partial charge < -0.3 is 10.2 Å². The van der Waals surface area contributed by atoms with Gasteiger partial charge in [0.1, 0.15) is 18.7 Å². The minimum Gasteiger partial charge on any atom is -0.396 e. The smallest absolute Gasteiger partial charge is 0.262 e. The van der Waals surface area contributed by atoms with Crippen LogP contribution in [0.2, 0.25) is 0 Å². The topological polar surface area (TPSA) is 208 Å². The van der Waals surface area contributed by atoms with Crippen molar-refractivity contribution in [1.82, 2.24) is 20.4 Å². The van der Waals surface area contributed by atoms with Crippen molar-refractivity contribution in [2.24, 2.45) is 0 Å². The largest absolute Gasteiger partial charge is 0.396 e. The third-order valence-electron chi connectivity index (χ3n) is 7.88. The highest BCUT2D eigenvalue weighted by atomic mass is 16.3. The Kier molecular flexibility index (Phi) is 9.17. The number of carbonyl (C=O) groups is 8.